The van der Waals surface area contributed by atoms with Crippen LogP contribution < -0.4 is 14.5 Å². The van der Waals surface area contributed by atoms with Crippen LogP contribution in [0.1, 0.15) is 25.3 Å². The van der Waals surface area contributed by atoms with Gasteiger partial charge in [0.1, 0.15) is 5.82 Å². The van der Waals surface area contributed by atoms with E-state index in [0.29, 0.717) is 11.8 Å². The van der Waals surface area contributed by atoms with Crippen LogP contribution in [-0.2, 0) is 0 Å². The second-order valence-corrected chi connectivity index (χ2v) is 7.95. The topological polar surface area (TPSA) is 28.6 Å². The van der Waals surface area contributed by atoms with Crippen molar-refractivity contribution in [1.29, 1.82) is 0 Å². The number of anilines is 2. The first-order chi connectivity index (χ1) is 14.5. The lowest BCUT2D eigenvalue weighted by molar-refractivity contribution is 0.398. The summed E-state index contributed by atoms with van der Waals surface area (Å²) in [7, 11) is 1.65. The second-order valence-electron chi connectivity index (χ2n) is 7.95. The average molecular weight is 406 g/mol. The molecule has 2 aromatic carbocycles. The fourth-order valence-electron chi connectivity index (χ4n) is 3.90. The Bertz CT molecular complexity index is 978. The molecular weight excluding hydrogens is 377 g/mol. The summed E-state index contributed by atoms with van der Waals surface area (Å²) in [6.45, 7) is 7.91. The summed E-state index contributed by atoms with van der Waals surface area (Å²) in [6.07, 6.45) is 0. The molecule has 0 N–H and O–H groups in total. The first kappa shape index (κ1) is 20.2. The summed E-state index contributed by atoms with van der Waals surface area (Å²) in [5.74, 6) is 0.915. The Morgan fingerprint density at radius 3 is 2.07 bits per heavy atom. The molecule has 0 atom stereocenters. The van der Waals surface area contributed by atoms with E-state index in [1.165, 1.54) is 17.7 Å². The van der Waals surface area contributed by atoms with E-state index in [1.807, 2.05) is 18.2 Å². The summed E-state index contributed by atoms with van der Waals surface area (Å²) >= 11 is 0. The highest BCUT2D eigenvalue weighted by molar-refractivity contribution is 5.76. The first-order valence-corrected chi connectivity index (χ1v) is 10.5. The molecule has 0 amide bonds. The van der Waals surface area contributed by atoms with Crippen LogP contribution in [0.4, 0.5) is 15.8 Å². The second kappa shape index (κ2) is 8.74. The number of hydrogen-bond donors (Lipinski definition) is 0. The van der Waals surface area contributed by atoms with Gasteiger partial charge < -0.3 is 14.5 Å². The van der Waals surface area contributed by atoms with Crippen LogP contribution in [-0.4, -0.2) is 38.3 Å². The minimum atomic E-state index is -0.199. The summed E-state index contributed by atoms with van der Waals surface area (Å²) in [5.41, 5.74) is 5.53. The quantitative estimate of drug-likeness (QED) is 0.572. The predicted molar refractivity (Wildman–Crippen MR) is 121 cm³/mol. The SMILES string of the molecule is COc1ccc(N2CCN(c3ccc(F)cc3)CC2)c(-c2ccc(C(C)C)cc2)n1. The molecule has 1 fully saturated rings. The van der Waals surface area contributed by atoms with Gasteiger partial charge in [-0.05, 0) is 41.8 Å². The molecule has 0 aliphatic carbocycles. The van der Waals surface area contributed by atoms with Crippen molar-refractivity contribution in [1.82, 2.24) is 4.98 Å². The summed E-state index contributed by atoms with van der Waals surface area (Å²) < 4.78 is 18.6. The fraction of sp³-hybridized carbons (Fsp3) is 0.320. The van der Waals surface area contributed by atoms with Crippen LogP contribution in [0.3, 0.4) is 0 Å². The third-order valence-electron chi connectivity index (χ3n) is 5.72. The van der Waals surface area contributed by atoms with Gasteiger partial charge in [-0.3, -0.25) is 0 Å². The van der Waals surface area contributed by atoms with Gasteiger partial charge in [0.15, 0.2) is 0 Å². The van der Waals surface area contributed by atoms with Crippen molar-refractivity contribution in [3.05, 3.63) is 72.0 Å². The highest BCUT2D eigenvalue weighted by atomic mass is 19.1. The molecule has 0 bridgehead atoms. The van der Waals surface area contributed by atoms with Crippen LogP contribution in [0.5, 0.6) is 5.88 Å². The number of hydrogen-bond acceptors (Lipinski definition) is 4. The number of rotatable bonds is 5. The van der Waals surface area contributed by atoms with Gasteiger partial charge in [-0.25, -0.2) is 9.37 Å². The van der Waals surface area contributed by atoms with E-state index in [9.17, 15) is 4.39 Å². The standard InChI is InChI=1S/C25H28FN3O/c1-18(2)19-4-6-20(7-5-19)25-23(12-13-24(27-25)30-3)29-16-14-28(15-17-29)22-10-8-21(26)9-11-22/h4-13,18H,14-17H2,1-3H3. The third-order valence-corrected chi connectivity index (χ3v) is 5.72. The molecule has 1 aromatic heterocycles. The molecule has 3 aromatic rings. The molecule has 0 spiro atoms. The van der Waals surface area contributed by atoms with Gasteiger partial charge in [0.05, 0.1) is 18.5 Å². The van der Waals surface area contributed by atoms with E-state index in [-0.39, 0.29) is 5.82 Å². The smallest absolute Gasteiger partial charge is 0.213 e. The molecule has 1 aliphatic rings. The van der Waals surface area contributed by atoms with Crippen LogP contribution in [0.2, 0.25) is 0 Å². The Morgan fingerprint density at radius 2 is 1.47 bits per heavy atom. The maximum Gasteiger partial charge on any atom is 0.213 e. The van der Waals surface area contributed by atoms with Crippen molar-refractivity contribution in [2.24, 2.45) is 0 Å². The Kier molecular flexibility index (Phi) is 5.88. The van der Waals surface area contributed by atoms with E-state index in [4.69, 9.17) is 9.72 Å². The van der Waals surface area contributed by atoms with Crippen LogP contribution in [0, 0.1) is 5.82 Å². The lowest BCUT2D eigenvalue weighted by Crippen LogP contribution is -2.46. The largest absolute Gasteiger partial charge is 0.481 e. The van der Waals surface area contributed by atoms with Gasteiger partial charge in [-0.2, -0.15) is 0 Å². The van der Waals surface area contributed by atoms with E-state index < -0.39 is 0 Å². The van der Waals surface area contributed by atoms with Crippen molar-refractivity contribution in [2.75, 3.05) is 43.1 Å². The normalized spacial score (nSPS) is 14.3. The number of aromatic nitrogens is 1. The van der Waals surface area contributed by atoms with Crippen molar-refractivity contribution in [3.63, 3.8) is 0 Å². The van der Waals surface area contributed by atoms with Gasteiger partial charge in [-0.1, -0.05) is 38.1 Å². The minimum Gasteiger partial charge on any atom is -0.481 e. The maximum atomic E-state index is 13.2. The predicted octanol–water partition coefficient (Wildman–Crippen LogP) is 5.35. The fourth-order valence-corrected chi connectivity index (χ4v) is 3.90. The molecule has 156 valence electrons. The number of ether oxygens (including phenoxy) is 1. The summed E-state index contributed by atoms with van der Waals surface area (Å²) in [6, 6.07) is 19.4. The average Bonchev–Trinajstić information content (AvgIpc) is 2.79. The number of halogens is 1. The molecule has 5 heteroatoms. The molecule has 1 saturated heterocycles. The molecule has 30 heavy (non-hydrogen) atoms. The van der Waals surface area contributed by atoms with E-state index in [1.54, 1.807) is 7.11 Å². The van der Waals surface area contributed by atoms with E-state index in [2.05, 4.69) is 54.0 Å². The minimum absolute atomic E-state index is 0.199. The first-order valence-electron chi connectivity index (χ1n) is 10.5. The Hall–Kier alpha value is -3.08. The van der Waals surface area contributed by atoms with Crippen molar-refractivity contribution in [2.45, 2.75) is 19.8 Å². The van der Waals surface area contributed by atoms with Crippen LogP contribution >= 0.6 is 0 Å². The Balaban J connectivity index is 1.57. The third kappa shape index (κ3) is 4.25. The highest BCUT2D eigenvalue weighted by Crippen LogP contribution is 2.33. The monoisotopic (exact) mass is 405 g/mol. The molecular formula is C25H28FN3O. The Morgan fingerprint density at radius 1 is 0.833 bits per heavy atom. The van der Waals surface area contributed by atoms with Crippen LogP contribution in [0.15, 0.2) is 60.7 Å². The maximum absolute atomic E-state index is 13.2. The van der Waals surface area contributed by atoms with E-state index in [0.717, 1.165) is 48.8 Å². The lowest BCUT2D eigenvalue weighted by atomic mass is 10.00. The molecule has 0 unspecified atom stereocenters. The van der Waals surface area contributed by atoms with Gasteiger partial charge in [0.25, 0.3) is 0 Å². The number of piperazine rings is 1. The molecule has 4 rings (SSSR count). The summed E-state index contributed by atoms with van der Waals surface area (Å²) in [4.78, 5) is 9.45. The molecule has 1 aliphatic heterocycles. The molecule has 0 radical (unpaired) electrons. The molecule has 0 saturated carbocycles. The Labute approximate surface area is 177 Å². The van der Waals surface area contributed by atoms with Gasteiger partial charge in [0, 0.05) is 43.5 Å². The zero-order chi connectivity index (χ0) is 21.1. The van der Waals surface area contributed by atoms with Gasteiger partial charge in [0.2, 0.25) is 5.88 Å². The lowest BCUT2D eigenvalue weighted by Gasteiger charge is -2.38. The molecule has 4 nitrogen and oxygen atoms in total. The van der Waals surface area contributed by atoms with Gasteiger partial charge >= 0.3 is 0 Å². The number of methoxy groups -OCH3 is 1. The molecule has 2 heterocycles. The van der Waals surface area contributed by atoms with Crippen LogP contribution in [0.25, 0.3) is 11.3 Å². The summed E-state index contributed by atoms with van der Waals surface area (Å²) in [5, 5.41) is 0. The number of benzene rings is 2. The number of pyridine rings is 1. The van der Waals surface area contributed by atoms with Crippen molar-refractivity contribution >= 4 is 11.4 Å². The number of nitrogens with zero attached hydrogens (tertiary/aromatic N) is 3. The highest BCUT2D eigenvalue weighted by Gasteiger charge is 2.21. The van der Waals surface area contributed by atoms with Crippen molar-refractivity contribution in [3.8, 4) is 17.1 Å². The van der Waals surface area contributed by atoms with Crippen molar-refractivity contribution < 1.29 is 9.13 Å². The zero-order valence-corrected chi connectivity index (χ0v) is 17.8. The van der Waals surface area contributed by atoms with Gasteiger partial charge in [-0.15, -0.1) is 0 Å². The zero-order valence-electron chi connectivity index (χ0n) is 17.8. The van der Waals surface area contributed by atoms with E-state index >= 15 is 0 Å².